The van der Waals surface area contributed by atoms with E-state index >= 15 is 0 Å². The van der Waals surface area contributed by atoms with Gasteiger partial charge in [-0.2, -0.15) is 0 Å². The van der Waals surface area contributed by atoms with E-state index in [4.69, 9.17) is 0 Å². The van der Waals surface area contributed by atoms with Gasteiger partial charge in [-0.15, -0.1) is 0 Å². The lowest BCUT2D eigenvalue weighted by atomic mass is 9.92. The zero-order valence-electron chi connectivity index (χ0n) is 16.6. The second-order valence-electron chi connectivity index (χ2n) is 7.75. The smallest absolute Gasteiger partial charge is 0.234 e. The molecule has 148 valence electrons. The first-order valence-electron chi connectivity index (χ1n) is 9.61. The Bertz CT molecular complexity index is 522. The molecule has 2 fully saturated rings. The number of hydrogen-bond donors (Lipinski definition) is 3. The Labute approximate surface area is 156 Å². The topological polar surface area (TPSA) is 89.1 Å². The van der Waals surface area contributed by atoms with Crippen molar-refractivity contribution < 1.29 is 9.59 Å². The molecule has 3 N–H and O–H groups in total. The summed E-state index contributed by atoms with van der Waals surface area (Å²) in [6, 6.07) is 0.417. The summed E-state index contributed by atoms with van der Waals surface area (Å²) in [4.78, 5) is 32.8. The van der Waals surface area contributed by atoms with E-state index in [0.717, 1.165) is 45.0 Å². The third-order valence-electron chi connectivity index (χ3n) is 4.83. The van der Waals surface area contributed by atoms with Crippen molar-refractivity contribution in [2.24, 2.45) is 10.4 Å². The Morgan fingerprint density at radius 2 is 1.77 bits per heavy atom. The highest BCUT2D eigenvalue weighted by molar-refractivity contribution is 5.84. The molecule has 8 nitrogen and oxygen atoms in total. The van der Waals surface area contributed by atoms with Crippen molar-refractivity contribution in [1.82, 2.24) is 25.8 Å². The van der Waals surface area contributed by atoms with Crippen molar-refractivity contribution in [2.75, 3.05) is 52.9 Å². The molecule has 0 radical (unpaired) electrons. The number of piperazine rings is 1. The summed E-state index contributed by atoms with van der Waals surface area (Å²) in [5.74, 6) is 0.978. The van der Waals surface area contributed by atoms with Crippen LogP contribution >= 0.6 is 0 Å². The molecule has 1 aliphatic heterocycles. The van der Waals surface area contributed by atoms with Gasteiger partial charge in [-0.3, -0.25) is 19.5 Å². The van der Waals surface area contributed by atoms with Gasteiger partial charge in [0.15, 0.2) is 5.96 Å². The average molecular weight is 367 g/mol. The van der Waals surface area contributed by atoms with E-state index in [1.165, 1.54) is 0 Å². The minimum absolute atomic E-state index is 0.0365. The lowest BCUT2D eigenvalue weighted by molar-refractivity contribution is -0.128. The molecule has 2 rings (SSSR count). The number of hydrogen-bond acceptors (Lipinski definition) is 4. The maximum absolute atomic E-state index is 12.1. The van der Waals surface area contributed by atoms with Gasteiger partial charge in [0.05, 0.1) is 12.0 Å². The predicted octanol–water partition coefficient (Wildman–Crippen LogP) is -0.380. The summed E-state index contributed by atoms with van der Waals surface area (Å²) in [5.41, 5.74) is -0.505. The molecule has 0 unspecified atom stereocenters. The third-order valence-corrected chi connectivity index (χ3v) is 4.83. The van der Waals surface area contributed by atoms with Gasteiger partial charge in [-0.05, 0) is 33.6 Å². The van der Waals surface area contributed by atoms with Gasteiger partial charge in [0, 0.05) is 52.4 Å². The van der Waals surface area contributed by atoms with Crippen LogP contribution in [0.2, 0.25) is 0 Å². The molecule has 1 heterocycles. The first-order chi connectivity index (χ1) is 12.4. The van der Waals surface area contributed by atoms with Crippen molar-refractivity contribution >= 4 is 17.8 Å². The summed E-state index contributed by atoms with van der Waals surface area (Å²) in [6.07, 6.45) is 2.24. The van der Waals surface area contributed by atoms with E-state index in [2.05, 4.69) is 30.7 Å². The molecule has 0 aromatic heterocycles. The molecule has 1 aliphatic carbocycles. The molecule has 0 bridgehead atoms. The summed E-state index contributed by atoms with van der Waals surface area (Å²) in [5, 5.41) is 9.23. The largest absolute Gasteiger partial charge is 0.356 e. The van der Waals surface area contributed by atoms with Gasteiger partial charge in [0.25, 0.3) is 0 Å². The Morgan fingerprint density at radius 1 is 1.12 bits per heavy atom. The Hall–Kier alpha value is -1.83. The molecule has 26 heavy (non-hydrogen) atoms. The summed E-state index contributed by atoms with van der Waals surface area (Å²) < 4.78 is 0. The Balaban J connectivity index is 1.75. The molecule has 1 saturated carbocycles. The number of guanidine groups is 1. The Kier molecular flexibility index (Phi) is 7.25. The average Bonchev–Trinajstić information content (AvgIpc) is 3.40. The van der Waals surface area contributed by atoms with E-state index in [9.17, 15) is 9.59 Å². The van der Waals surface area contributed by atoms with Crippen molar-refractivity contribution in [2.45, 2.75) is 39.7 Å². The fraction of sp³-hybridized carbons (Fsp3) is 0.833. The number of carbonyl (C=O) groups is 2. The maximum Gasteiger partial charge on any atom is 0.234 e. The fourth-order valence-corrected chi connectivity index (χ4v) is 2.93. The van der Waals surface area contributed by atoms with E-state index < -0.39 is 5.41 Å². The molecular formula is C18H34N6O2. The number of nitrogens with one attached hydrogen (secondary N) is 3. The highest BCUT2D eigenvalue weighted by Crippen LogP contribution is 2.18. The molecule has 2 amide bonds. The highest BCUT2D eigenvalue weighted by Gasteiger charge is 2.29. The zero-order chi connectivity index (χ0) is 19.2. The summed E-state index contributed by atoms with van der Waals surface area (Å²) >= 11 is 0. The number of carbonyl (C=O) groups excluding carboxylic acids is 2. The van der Waals surface area contributed by atoms with Crippen LogP contribution in [0.25, 0.3) is 0 Å². The van der Waals surface area contributed by atoms with Crippen molar-refractivity contribution in [1.29, 1.82) is 0 Å². The summed E-state index contributed by atoms with van der Waals surface area (Å²) in [6.45, 7) is 10.7. The van der Waals surface area contributed by atoms with Crippen LogP contribution in [0, 0.1) is 5.41 Å². The van der Waals surface area contributed by atoms with Gasteiger partial charge >= 0.3 is 0 Å². The lowest BCUT2D eigenvalue weighted by Gasteiger charge is -2.37. The SMILES string of the molecule is CCNC(=O)C(C)(C)CNC(=NC)N1CCN(CC(=O)NC2CC2)CC1. The monoisotopic (exact) mass is 366 g/mol. The van der Waals surface area contributed by atoms with Crippen molar-refractivity contribution in [3.8, 4) is 0 Å². The van der Waals surface area contributed by atoms with Crippen LogP contribution < -0.4 is 16.0 Å². The van der Waals surface area contributed by atoms with Gasteiger partial charge in [0.2, 0.25) is 11.8 Å². The maximum atomic E-state index is 12.1. The molecule has 0 spiro atoms. The second kappa shape index (κ2) is 9.21. The van der Waals surface area contributed by atoms with Crippen LogP contribution in [0.5, 0.6) is 0 Å². The molecular weight excluding hydrogens is 332 g/mol. The molecule has 1 saturated heterocycles. The van der Waals surface area contributed by atoms with Gasteiger partial charge in [0.1, 0.15) is 0 Å². The minimum Gasteiger partial charge on any atom is -0.356 e. The van der Waals surface area contributed by atoms with Crippen LogP contribution in [0.3, 0.4) is 0 Å². The van der Waals surface area contributed by atoms with Crippen molar-refractivity contribution in [3.05, 3.63) is 0 Å². The van der Waals surface area contributed by atoms with Gasteiger partial charge in [-0.1, -0.05) is 0 Å². The molecule has 0 aromatic carbocycles. The van der Waals surface area contributed by atoms with E-state index in [1.807, 2.05) is 20.8 Å². The van der Waals surface area contributed by atoms with Crippen LogP contribution in [0.1, 0.15) is 33.6 Å². The molecule has 2 aliphatic rings. The first-order valence-corrected chi connectivity index (χ1v) is 9.61. The summed E-state index contributed by atoms with van der Waals surface area (Å²) in [7, 11) is 1.76. The highest BCUT2D eigenvalue weighted by atomic mass is 16.2. The van der Waals surface area contributed by atoms with E-state index in [-0.39, 0.29) is 11.8 Å². The number of rotatable bonds is 7. The van der Waals surface area contributed by atoms with Crippen molar-refractivity contribution in [3.63, 3.8) is 0 Å². The normalized spacial score (nSPS) is 19.2. The molecule has 8 heteroatoms. The molecule has 0 aromatic rings. The van der Waals surface area contributed by atoms with Gasteiger partial charge < -0.3 is 20.9 Å². The zero-order valence-corrected chi connectivity index (χ0v) is 16.6. The van der Waals surface area contributed by atoms with Crippen LogP contribution in [-0.2, 0) is 9.59 Å². The Morgan fingerprint density at radius 3 is 2.31 bits per heavy atom. The number of aliphatic imine (C=N–C) groups is 1. The first kappa shape index (κ1) is 20.5. The van der Waals surface area contributed by atoms with Crippen LogP contribution in [-0.4, -0.2) is 86.5 Å². The second-order valence-corrected chi connectivity index (χ2v) is 7.75. The number of nitrogens with zero attached hydrogens (tertiary/aromatic N) is 3. The van der Waals surface area contributed by atoms with Crippen LogP contribution in [0.4, 0.5) is 0 Å². The standard InChI is InChI=1S/C18H34N6O2/c1-5-20-16(26)18(2,3)13-21-17(19-4)24-10-8-23(9-11-24)12-15(25)22-14-6-7-14/h14H,5-13H2,1-4H3,(H,19,21)(H,20,26)(H,22,25). The van der Waals surface area contributed by atoms with E-state index in [1.54, 1.807) is 7.05 Å². The predicted molar refractivity (Wildman–Crippen MR) is 103 cm³/mol. The third kappa shape index (κ3) is 6.16. The van der Waals surface area contributed by atoms with E-state index in [0.29, 0.717) is 25.7 Å². The number of amides is 2. The van der Waals surface area contributed by atoms with Gasteiger partial charge in [-0.25, -0.2) is 0 Å². The molecule has 0 atom stereocenters. The lowest BCUT2D eigenvalue weighted by Crippen LogP contribution is -2.55. The van der Waals surface area contributed by atoms with Crippen LogP contribution in [0.15, 0.2) is 4.99 Å². The minimum atomic E-state index is -0.505. The fourth-order valence-electron chi connectivity index (χ4n) is 2.93. The quantitative estimate of drug-likeness (QED) is 0.422.